The quantitative estimate of drug-likeness (QED) is 0.621. The van der Waals surface area contributed by atoms with Crippen LogP contribution in [-0.2, 0) is 21.2 Å². The summed E-state index contributed by atoms with van der Waals surface area (Å²) in [7, 11) is -1.20. The van der Waals surface area contributed by atoms with Crippen LogP contribution >= 0.6 is 0 Å². The summed E-state index contributed by atoms with van der Waals surface area (Å²) in [5.74, 6) is -1.23. The second-order valence-corrected chi connectivity index (χ2v) is 6.06. The van der Waals surface area contributed by atoms with Crippen molar-refractivity contribution >= 4 is 21.7 Å². The molecule has 1 aromatic carbocycles. The molecular weight excluding hydrogens is 276 g/mol. The Kier molecular flexibility index (Phi) is 4.22. The molecule has 0 bridgehead atoms. The summed E-state index contributed by atoms with van der Waals surface area (Å²) in [6, 6.07) is 3.16. The highest BCUT2D eigenvalue weighted by atomic mass is 32.2. The largest absolute Gasteiger partial charge is 0.481 e. The first-order chi connectivity index (χ1) is 8.66. The molecule has 0 saturated carbocycles. The Labute approximate surface area is 109 Å². The fourth-order valence-corrected chi connectivity index (χ4v) is 2.32. The number of hydrogen-bond donors (Lipinski definition) is 1. The SMILES string of the molecule is CN(C)S(=O)(=O)c1ccc(CC(=O)O)c([N+](=O)[O-])c1. The van der Waals surface area contributed by atoms with Crippen LogP contribution in [0.4, 0.5) is 5.69 Å². The third kappa shape index (κ3) is 3.26. The van der Waals surface area contributed by atoms with Crippen molar-refractivity contribution in [2.75, 3.05) is 14.1 Å². The number of aliphatic carboxylic acids is 1. The number of hydrogen-bond acceptors (Lipinski definition) is 5. The van der Waals surface area contributed by atoms with Crippen molar-refractivity contribution < 1.29 is 23.2 Å². The molecule has 8 nitrogen and oxygen atoms in total. The van der Waals surface area contributed by atoms with Crippen LogP contribution in [0.25, 0.3) is 0 Å². The molecule has 0 radical (unpaired) electrons. The lowest BCUT2D eigenvalue weighted by molar-refractivity contribution is -0.385. The van der Waals surface area contributed by atoms with Gasteiger partial charge in [0.2, 0.25) is 10.0 Å². The number of nitro groups is 1. The molecule has 0 fully saturated rings. The van der Waals surface area contributed by atoms with Gasteiger partial charge in [-0.05, 0) is 6.07 Å². The van der Waals surface area contributed by atoms with Crippen LogP contribution in [0.5, 0.6) is 0 Å². The highest BCUT2D eigenvalue weighted by Crippen LogP contribution is 2.24. The predicted molar refractivity (Wildman–Crippen MR) is 65.3 cm³/mol. The molecule has 1 rings (SSSR count). The molecule has 1 N–H and O–H groups in total. The number of sulfonamides is 1. The van der Waals surface area contributed by atoms with Gasteiger partial charge in [0.15, 0.2) is 0 Å². The Morgan fingerprint density at radius 3 is 2.42 bits per heavy atom. The highest BCUT2D eigenvalue weighted by molar-refractivity contribution is 7.89. The zero-order valence-corrected chi connectivity index (χ0v) is 11.0. The first-order valence-electron chi connectivity index (χ1n) is 5.08. The maximum absolute atomic E-state index is 11.8. The van der Waals surface area contributed by atoms with Crippen molar-refractivity contribution in [3.63, 3.8) is 0 Å². The van der Waals surface area contributed by atoms with Crippen LogP contribution in [-0.4, -0.2) is 42.8 Å². The van der Waals surface area contributed by atoms with Gasteiger partial charge in [0.1, 0.15) is 0 Å². The Bertz CT molecular complexity index is 623. The lowest BCUT2D eigenvalue weighted by atomic mass is 10.1. The molecule has 0 unspecified atom stereocenters. The number of carbonyl (C=O) groups is 1. The van der Waals surface area contributed by atoms with Crippen LogP contribution in [0.1, 0.15) is 5.56 Å². The van der Waals surface area contributed by atoms with E-state index in [1.165, 1.54) is 14.1 Å². The summed E-state index contributed by atoms with van der Waals surface area (Å²) < 4.78 is 24.6. The molecule has 1 aromatic rings. The molecule has 9 heteroatoms. The number of carboxylic acid groups (broad SMARTS) is 1. The summed E-state index contributed by atoms with van der Waals surface area (Å²) in [4.78, 5) is 20.4. The zero-order valence-electron chi connectivity index (χ0n) is 10.2. The van der Waals surface area contributed by atoms with Gasteiger partial charge in [0, 0.05) is 25.7 Å². The lowest BCUT2D eigenvalue weighted by Crippen LogP contribution is -2.22. The summed E-state index contributed by atoms with van der Waals surface area (Å²) in [5, 5.41) is 19.5. The van der Waals surface area contributed by atoms with Crippen molar-refractivity contribution in [2.45, 2.75) is 11.3 Å². The van der Waals surface area contributed by atoms with E-state index in [9.17, 15) is 23.3 Å². The molecule has 19 heavy (non-hydrogen) atoms. The van der Waals surface area contributed by atoms with Crippen molar-refractivity contribution in [1.29, 1.82) is 0 Å². The van der Waals surface area contributed by atoms with E-state index >= 15 is 0 Å². The summed E-state index contributed by atoms with van der Waals surface area (Å²) in [6.07, 6.45) is -0.543. The van der Waals surface area contributed by atoms with E-state index in [0.29, 0.717) is 0 Å². The maximum atomic E-state index is 11.8. The smallest absolute Gasteiger partial charge is 0.308 e. The van der Waals surface area contributed by atoms with Crippen LogP contribution in [0.2, 0.25) is 0 Å². The minimum atomic E-state index is -3.80. The molecule has 0 aliphatic rings. The third-order valence-corrected chi connectivity index (χ3v) is 4.18. The molecular formula is C10H12N2O6S. The van der Waals surface area contributed by atoms with E-state index in [-0.39, 0.29) is 10.5 Å². The van der Waals surface area contributed by atoms with E-state index < -0.39 is 33.0 Å². The molecule has 0 saturated heterocycles. The first-order valence-corrected chi connectivity index (χ1v) is 6.52. The lowest BCUT2D eigenvalue weighted by Gasteiger charge is -2.11. The fourth-order valence-electron chi connectivity index (χ4n) is 1.40. The van der Waals surface area contributed by atoms with E-state index in [1.807, 2.05) is 0 Å². The number of benzene rings is 1. The van der Waals surface area contributed by atoms with Gasteiger partial charge < -0.3 is 5.11 Å². The van der Waals surface area contributed by atoms with Gasteiger partial charge in [-0.25, -0.2) is 12.7 Å². The molecule has 0 aliphatic carbocycles. The monoisotopic (exact) mass is 288 g/mol. The molecule has 0 heterocycles. The second kappa shape index (κ2) is 5.33. The van der Waals surface area contributed by atoms with Gasteiger partial charge in [-0.2, -0.15) is 0 Å². The average molecular weight is 288 g/mol. The van der Waals surface area contributed by atoms with Crippen LogP contribution in [0.3, 0.4) is 0 Å². The minimum Gasteiger partial charge on any atom is -0.481 e. The first kappa shape index (κ1) is 15.1. The molecule has 0 aliphatic heterocycles. The Hall–Kier alpha value is -2.00. The Morgan fingerprint density at radius 2 is 2.00 bits per heavy atom. The molecule has 0 atom stereocenters. The number of nitro benzene ring substituents is 1. The van der Waals surface area contributed by atoms with E-state index in [0.717, 1.165) is 22.5 Å². The van der Waals surface area contributed by atoms with E-state index in [1.54, 1.807) is 0 Å². The van der Waals surface area contributed by atoms with Crippen molar-refractivity contribution in [2.24, 2.45) is 0 Å². The molecule has 0 spiro atoms. The third-order valence-electron chi connectivity index (χ3n) is 2.37. The van der Waals surface area contributed by atoms with Crippen LogP contribution in [0.15, 0.2) is 23.1 Å². The van der Waals surface area contributed by atoms with Crippen molar-refractivity contribution in [1.82, 2.24) is 4.31 Å². The normalized spacial score (nSPS) is 11.5. The van der Waals surface area contributed by atoms with Gasteiger partial charge in [0.05, 0.1) is 16.2 Å². The summed E-state index contributed by atoms with van der Waals surface area (Å²) in [6.45, 7) is 0. The average Bonchev–Trinajstić information content (AvgIpc) is 2.27. The minimum absolute atomic E-state index is 0.0461. The summed E-state index contributed by atoms with van der Waals surface area (Å²) >= 11 is 0. The van der Waals surface area contributed by atoms with Crippen molar-refractivity contribution in [3.8, 4) is 0 Å². The highest BCUT2D eigenvalue weighted by Gasteiger charge is 2.23. The van der Waals surface area contributed by atoms with Crippen LogP contribution < -0.4 is 0 Å². The van der Waals surface area contributed by atoms with Gasteiger partial charge >= 0.3 is 5.97 Å². The summed E-state index contributed by atoms with van der Waals surface area (Å²) in [5.41, 5.74) is -0.569. The topological polar surface area (TPSA) is 118 Å². The maximum Gasteiger partial charge on any atom is 0.308 e. The molecule has 104 valence electrons. The van der Waals surface area contributed by atoms with Gasteiger partial charge in [-0.3, -0.25) is 14.9 Å². The number of carboxylic acids is 1. The molecule has 0 aromatic heterocycles. The molecule has 0 amide bonds. The number of rotatable bonds is 5. The Morgan fingerprint density at radius 1 is 1.42 bits per heavy atom. The standard InChI is InChI=1S/C10H12N2O6S/c1-11(2)19(17,18)8-4-3-7(5-10(13)14)9(6-8)12(15)16/h3-4,6H,5H2,1-2H3,(H,13,14). The fraction of sp³-hybridized carbons (Fsp3) is 0.300. The number of nitrogens with zero attached hydrogens (tertiary/aromatic N) is 2. The van der Waals surface area contributed by atoms with Gasteiger partial charge in [0.25, 0.3) is 5.69 Å². The van der Waals surface area contributed by atoms with Crippen LogP contribution in [0, 0.1) is 10.1 Å². The predicted octanol–water partition coefficient (Wildman–Crippen LogP) is 0.472. The van der Waals surface area contributed by atoms with E-state index in [4.69, 9.17) is 5.11 Å². The zero-order chi connectivity index (χ0) is 14.8. The van der Waals surface area contributed by atoms with Gasteiger partial charge in [-0.15, -0.1) is 0 Å². The Balaban J connectivity index is 3.40. The van der Waals surface area contributed by atoms with Crippen molar-refractivity contribution in [3.05, 3.63) is 33.9 Å². The second-order valence-electron chi connectivity index (χ2n) is 3.91. The van der Waals surface area contributed by atoms with Gasteiger partial charge in [-0.1, -0.05) is 6.07 Å². The van der Waals surface area contributed by atoms with E-state index in [2.05, 4.69) is 0 Å².